The fourth-order valence-electron chi connectivity index (χ4n) is 1.44. The van der Waals surface area contributed by atoms with Crippen LogP contribution in [0.4, 0.5) is 5.95 Å². The summed E-state index contributed by atoms with van der Waals surface area (Å²) in [5.74, 6) is -2.53. The molecule has 0 atom stereocenters. The summed E-state index contributed by atoms with van der Waals surface area (Å²) >= 11 is 11.8. The van der Waals surface area contributed by atoms with Gasteiger partial charge in [-0.3, -0.25) is 0 Å². The average Bonchev–Trinajstić information content (AvgIpc) is 2.39. The van der Waals surface area contributed by atoms with Crippen molar-refractivity contribution in [2.24, 2.45) is 0 Å². The second kappa shape index (κ2) is 9.95. The zero-order chi connectivity index (χ0) is 14.7. The van der Waals surface area contributed by atoms with Gasteiger partial charge < -0.3 is 20.3 Å². The van der Waals surface area contributed by atoms with Crippen molar-refractivity contribution < 1.29 is 74.1 Å². The molecule has 0 saturated carbocycles. The van der Waals surface area contributed by atoms with Crippen molar-refractivity contribution in [1.82, 2.24) is 9.97 Å². The molecule has 104 valence electrons. The topological polar surface area (TPSA) is 101 Å². The maximum atomic E-state index is 11.4. The standard InChI is InChI=1S/C12H9Cl2N3O3.2Na/c13-7-1-2-9(14)6(3-7)4-15-12-16-5-8(11(19)20)10(18)17-12;;/h1-3,5H,4H2,(H,19,20)(H2,15,16,17,18);;/q;2*+1/p-2. The number of aromatic nitrogens is 2. The van der Waals surface area contributed by atoms with E-state index in [-0.39, 0.29) is 71.6 Å². The van der Waals surface area contributed by atoms with Crippen molar-refractivity contribution in [2.75, 3.05) is 5.32 Å². The van der Waals surface area contributed by atoms with Crippen LogP contribution in [0.1, 0.15) is 15.9 Å². The van der Waals surface area contributed by atoms with Gasteiger partial charge in [0, 0.05) is 34.2 Å². The molecular formula is C12H7Cl2N3Na2O3. The molecule has 0 aliphatic heterocycles. The Balaban J connectivity index is 0.00000220. The van der Waals surface area contributed by atoms with Gasteiger partial charge in [0.1, 0.15) is 0 Å². The Morgan fingerprint density at radius 1 is 1.27 bits per heavy atom. The Hall–Kier alpha value is -0.0500. The fraction of sp³-hybridized carbons (Fsp3) is 0.0833. The van der Waals surface area contributed by atoms with Crippen LogP contribution in [0, 0.1) is 0 Å². The van der Waals surface area contributed by atoms with Crippen LogP contribution in [-0.2, 0) is 6.54 Å². The zero-order valence-electron chi connectivity index (χ0n) is 11.9. The van der Waals surface area contributed by atoms with E-state index in [0.29, 0.717) is 15.6 Å². The third-order valence-electron chi connectivity index (χ3n) is 2.42. The van der Waals surface area contributed by atoms with Crippen molar-refractivity contribution in [2.45, 2.75) is 6.54 Å². The second-order valence-corrected chi connectivity index (χ2v) is 4.63. The van der Waals surface area contributed by atoms with Crippen molar-refractivity contribution >= 4 is 35.1 Å². The summed E-state index contributed by atoms with van der Waals surface area (Å²) in [6.07, 6.45) is 0.895. The van der Waals surface area contributed by atoms with Crippen molar-refractivity contribution in [3.05, 3.63) is 45.6 Å². The van der Waals surface area contributed by atoms with Gasteiger partial charge in [0.05, 0.1) is 5.97 Å². The number of halogens is 2. The first kappa shape index (κ1) is 21.9. The summed E-state index contributed by atoms with van der Waals surface area (Å²) in [5.41, 5.74) is 0.107. The number of hydrogen-bond donors (Lipinski definition) is 1. The zero-order valence-corrected chi connectivity index (χ0v) is 17.4. The van der Waals surface area contributed by atoms with Crippen LogP contribution in [0.3, 0.4) is 0 Å². The van der Waals surface area contributed by atoms with Crippen LogP contribution in [0.15, 0.2) is 24.4 Å². The number of carboxylic acid groups (broad SMARTS) is 1. The molecule has 0 aliphatic rings. The molecule has 0 bridgehead atoms. The van der Waals surface area contributed by atoms with Crippen LogP contribution in [0.5, 0.6) is 5.88 Å². The van der Waals surface area contributed by atoms with Gasteiger partial charge in [-0.15, -0.1) is 0 Å². The van der Waals surface area contributed by atoms with Crippen molar-refractivity contribution in [1.29, 1.82) is 0 Å². The van der Waals surface area contributed by atoms with Gasteiger partial charge in [0.2, 0.25) is 5.95 Å². The van der Waals surface area contributed by atoms with Crippen LogP contribution in [0.2, 0.25) is 10.0 Å². The molecule has 2 aromatic rings. The van der Waals surface area contributed by atoms with E-state index in [4.69, 9.17) is 23.2 Å². The smallest absolute Gasteiger partial charge is 0.858 e. The summed E-state index contributed by atoms with van der Waals surface area (Å²) in [6.45, 7) is 0.240. The van der Waals surface area contributed by atoms with E-state index in [1.165, 1.54) is 0 Å². The predicted octanol–water partition coefficient (Wildman–Crippen LogP) is -5.16. The van der Waals surface area contributed by atoms with Gasteiger partial charge in [-0.1, -0.05) is 23.2 Å². The quantitative estimate of drug-likeness (QED) is 0.549. The summed E-state index contributed by atoms with van der Waals surface area (Å²) in [4.78, 5) is 17.7. The monoisotopic (exact) mass is 357 g/mol. The van der Waals surface area contributed by atoms with E-state index in [2.05, 4.69) is 15.3 Å². The first-order valence-electron chi connectivity index (χ1n) is 5.40. The number of nitrogens with zero attached hydrogens (tertiary/aromatic N) is 2. The Labute approximate surface area is 180 Å². The van der Waals surface area contributed by atoms with Gasteiger partial charge in [-0.2, -0.15) is 0 Å². The maximum absolute atomic E-state index is 11.4. The molecule has 1 heterocycles. The summed E-state index contributed by atoms with van der Waals surface area (Å²) < 4.78 is 0. The molecule has 6 nitrogen and oxygen atoms in total. The Morgan fingerprint density at radius 2 is 1.95 bits per heavy atom. The molecule has 0 unspecified atom stereocenters. The minimum Gasteiger partial charge on any atom is -0.858 e. The maximum Gasteiger partial charge on any atom is 1.00 e. The van der Waals surface area contributed by atoms with Gasteiger partial charge in [0.25, 0.3) is 0 Å². The first-order chi connectivity index (χ1) is 9.47. The average molecular weight is 358 g/mol. The number of carboxylic acids is 1. The molecule has 22 heavy (non-hydrogen) atoms. The minimum atomic E-state index is -1.61. The molecule has 1 aromatic carbocycles. The Morgan fingerprint density at radius 3 is 2.55 bits per heavy atom. The predicted molar refractivity (Wildman–Crippen MR) is 69.6 cm³/mol. The number of rotatable bonds is 4. The van der Waals surface area contributed by atoms with Crippen LogP contribution < -0.4 is 74.6 Å². The number of nitrogens with one attached hydrogen (secondary N) is 1. The summed E-state index contributed by atoms with van der Waals surface area (Å²) in [6, 6.07) is 4.94. The van der Waals surface area contributed by atoms with E-state index < -0.39 is 17.4 Å². The number of carbonyl (C=O) groups excluding carboxylic acids is 1. The third kappa shape index (κ3) is 5.86. The molecule has 0 saturated heterocycles. The number of hydrogen-bond acceptors (Lipinski definition) is 6. The molecule has 0 radical (unpaired) electrons. The van der Waals surface area contributed by atoms with E-state index in [0.717, 1.165) is 6.20 Å². The van der Waals surface area contributed by atoms with Gasteiger partial charge in [-0.25, -0.2) is 9.97 Å². The third-order valence-corrected chi connectivity index (χ3v) is 3.02. The Kier molecular flexibility index (Phi) is 9.93. The van der Waals surface area contributed by atoms with Crippen LogP contribution in [-0.4, -0.2) is 15.9 Å². The molecule has 1 N–H and O–H groups in total. The number of aromatic carboxylic acids is 1. The fourth-order valence-corrected chi connectivity index (χ4v) is 1.82. The first-order valence-corrected chi connectivity index (χ1v) is 6.16. The van der Waals surface area contributed by atoms with Gasteiger partial charge in [-0.05, 0) is 23.8 Å². The summed E-state index contributed by atoms with van der Waals surface area (Å²) in [7, 11) is 0. The Bertz CT molecular complexity index is 674. The van der Waals surface area contributed by atoms with Crippen LogP contribution >= 0.6 is 23.2 Å². The van der Waals surface area contributed by atoms with E-state index in [1.807, 2.05) is 0 Å². The number of anilines is 1. The second-order valence-electron chi connectivity index (χ2n) is 3.79. The normalized spacial score (nSPS) is 9.36. The molecule has 2 rings (SSSR count). The number of benzene rings is 1. The minimum absolute atomic E-state index is 0. The van der Waals surface area contributed by atoms with Gasteiger partial charge >= 0.3 is 59.1 Å². The van der Waals surface area contributed by atoms with Crippen LogP contribution in [0.25, 0.3) is 0 Å². The SMILES string of the molecule is O=C([O-])c1cnc(NCc2cc(Cl)ccc2Cl)nc1[O-].[Na+].[Na+]. The molecular weight excluding hydrogens is 351 g/mol. The molecule has 0 aliphatic carbocycles. The van der Waals surface area contributed by atoms with Gasteiger partial charge in [0.15, 0.2) is 0 Å². The van der Waals surface area contributed by atoms with E-state index in [9.17, 15) is 15.0 Å². The number of carbonyl (C=O) groups is 1. The molecule has 0 spiro atoms. The summed E-state index contributed by atoms with van der Waals surface area (Å²) in [5, 5.41) is 25.7. The van der Waals surface area contributed by atoms with E-state index >= 15 is 0 Å². The van der Waals surface area contributed by atoms with Crippen molar-refractivity contribution in [3.8, 4) is 5.88 Å². The molecule has 10 heteroatoms. The molecule has 1 aromatic heterocycles. The molecule has 0 fully saturated rings. The van der Waals surface area contributed by atoms with Crippen molar-refractivity contribution in [3.63, 3.8) is 0 Å². The largest absolute Gasteiger partial charge is 1.00 e. The van der Waals surface area contributed by atoms with E-state index in [1.54, 1.807) is 18.2 Å². The molecule has 0 amide bonds.